The molecule has 1 heteroatoms. The van der Waals surface area contributed by atoms with Crippen LogP contribution >= 0.6 is 0 Å². The molecular weight excluding hydrogens is 175 g/mol. The molecule has 0 aliphatic heterocycles. The number of halogens is 1. The summed E-state index contributed by atoms with van der Waals surface area (Å²) in [5, 5.41) is 0. The van der Waals surface area contributed by atoms with Gasteiger partial charge in [-0.2, -0.15) is 0 Å². The lowest BCUT2D eigenvalue weighted by molar-refractivity contribution is 0.465. The zero-order valence-corrected chi connectivity index (χ0v) is 9.02. The Labute approximate surface area is 86.2 Å². The summed E-state index contributed by atoms with van der Waals surface area (Å²) >= 11 is 0. The van der Waals surface area contributed by atoms with Gasteiger partial charge in [0.2, 0.25) is 0 Å². The average molecular weight is 193 g/mol. The van der Waals surface area contributed by atoms with E-state index in [9.17, 15) is 4.39 Å². The highest BCUT2D eigenvalue weighted by Gasteiger charge is 2.06. The van der Waals surface area contributed by atoms with Crippen molar-refractivity contribution in [2.45, 2.75) is 32.6 Å². The average Bonchev–Trinajstić information content (AvgIpc) is 2.27. The van der Waals surface area contributed by atoms with Gasteiger partial charge in [-0.1, -0.05) is 32.0 Å². The normalized spacial score (nSPS) is 12.9. The van der Waals surface area contributed by atoms with Crippen LogP contribution in [0.5, 0.6) is 0 Å². The van der Waals surface area contributed by atoms with E-state index in [-0.39, 0.29) is 12.6 Å². The number of aryl methyl sites for hydroxylation is 2. The van der Waals surface area contributed by atoms with Gasteiger partial charge in [0.15, 0.2) is 0 Å². The van der Waals surface area contributed by atoms with Crippen LogP contribution in [-0.2, 0) is 12.8 Å². The van der Waals surface area contributed by atoms with Crippen molar-refractivity contribution in [3.8, 4) is 0 Å². The minimum absolute atomic E-state index is 0.216. The van der Waals surface area contributed by atoms with E-state index < -0.39 is 0 Å². The van der Waals surface area contributed by atoms with Gasteiger partial charge in [0.05, 0.1) is 6.67 Å². The Balaban J connectivity index is 3.04. The number of hydrogen-bond acceptors (Lipinski definition) is 0. The van der Waals surface area contributed by atoms with Gasteiger partial charge in [0.25, 0.3) is 0 Å². The Morgan fingerprint density at radius 1 is 1.14 bits per heavy atom. The first-order valence-corrected chi connectivity index (χ1v) is 5.23. The third-order valence-corrected chi connectivity index (χ3v) is 2.55. The molecule has 1 unspecified atom stereocenters. The maximum Gasteiger partial charge on any atom is 0.0962 e. The Morgan fingerprint density at radius 3 is 2.00 bits per heavy atom. The van der Waals surface area contributed by atoms with Crippen molar-refractivity contribution < 1.29 is 4.39 Å². The topological polar surface area (TPSA) is 0 Å². The molecule has 1 atom stereocenters. The lowest BCUT2D eigenvalue weighted by atomic mass is 9.95. The first kappa shape index (κ1) is 11.2. The second-order valence-electron chi connectivity index (χ2n) is 3.64. The summed E-state index contributed by atoms with van der Waals surface area (Å²) in [4.78, 5) is 0. The molecule has 0 N–H and O–H groups in total. The molecule has 0 saturated heterocycles. The minimum Gasteiger partial charge on any atom is -0.250 e. The van der Waals surface area contributed by atoms with Crippen molar-refractivity contribution in [1.82, 2.24) is 0 Å². The van der Waals surface area contributed by atoms with Gasteiger partial charge in [0, 0.05) is 5.92 Å². The van der Waals surface area contributed by atoms with Crippen molar-refractivity contribution >= 4 is 0 Å². The summed E-state index contributed by atoms with van der Waals surface area (Å²) in [6.07, 6.45) is 2.00. The minimum atomic E-state index is -0.379. The molecule has 0 fully saturated rings. The van der Waals surface area contributed by atoms with Gasteiger partial charge in [-0.05, 0) is 36.5 Å². The van der Waals surface area contributed by atoms with E-state index in [1.807, 2.05) is 0 Å². The van der Waals surface area contributed by atoms with E-state index in [1.165, 1.54) is 11.1 Å². The predicted octanol–water partition coefficient (Wildman–Crippen LogP) is 3.70. The maximum atomic E-state index is 12.5. The highest BCUT2D eigenvalue weighted by atomic mass is 19.1. The number of benzene rings is 1. The van der Waals surface area contributed by atoms with E-state index in [0.29, 0.717) is 0 Å². The van der Waals surface area contributed by atoms with Gasteiger partial charge < -0.3 is 0 Å². The zero-order chi connectivity index (χ0) is 10.6. The number of rotatable bonds is 4. The quantitative estimate of drug-likeness (QED) is 0.684. The molecule has 0 aliphatic rings. The van der Waals surface area contributed by atoms with Crippen molar-refractivity contribution in [2.24, 2.45) is 0 Å². The third-order valence-electron chi connectivity index (χ3n) is 2.55. The van der Waals surface area contributed by atoms with E-state index >= 15 is 0 Å². The van der Waals surface area contributed by atoms with Crippen molar-refractivity contribution in [2.75, 3.05) is 6.67 Å². The molecule has 14 heavy (non-hydrogen) atoms. The Morgan fingerprint density at radius 2 is 1.64 bits per heavy atom. The number of hydrogen-bond donors (Lipinski definition) is 0. The van der Waals surface area contributed by atoms with Crippen LogP contribution in [0, 0.1) is 6.92 Å². The second kappa shape index (κ2) is 5.14. The fourth-order valence-electron chi connectivity index (χ4n) is 1.52. The first-order valence-electron chi connectivity index (χ1n) is 5.23. The van der Waals surface area contributed by atoms with E-state index in [4.69, 9.17) is 0 Å². The Bertz CT molecular complexity index is 269. The third kappa shape index (κ3) is 2.57. The molecule has 1 rings (SSSR count). The van der Waals surface area contributed by atoms with Crippen LogP contribution in [-0.4, -0.2) is 6.67 Å². The number of alkyl halides is 1. The van der Waals surface area contributed by atoms with Gasteiger partial charge in [-0.15, -0.1) is 0 Å². The fourth-order valence-corrected chi connectivity index (χ4v) is 1.52. The summed E-state index contributed by atoms with van der Waals surface area (Å²) in [7, 11) is 0. The highest BCUT2D eigenvalue weighted by Crippen LogP contribution is 2.20. The van der Waals surface area contributed by atoms with Crippen LogP contribution < -0.4 is 0 Å². The van der Waals surface area contributed by atoms with Gasteiger partial charge in [-0.25, -0.2) is 0 Å². The van der Waals surface area contributed by atoms with Crippen molar-refractivity contribution in [3.05, 3.63) is 41.8 Å². The monoisotopic (exact) mass is 193 g/mol. The highest BCUT2D eigenvalue weighted by molar-refractivity contribution is 5.33. The largest absolute Gasteiger partial charge is 0.250 e. The second-order valence-corrected chi connectivity index (χ2v) is 3.64. The summed E-state index contributed by atoms with van der Waals surface area (Å²) < 4.78 is 12.5. The van der Waals surface area contributed by atoms with Crippen LogP contribution in [0.1, 0.15) is 36.5 Å². The lowest BCUT2D eigenvalue weighted by Gasteiger charge is -2.11. The standard InChI is InChI=1S/C13H18F/c1-4-11-6-12(5-2)8-13(7-11)10(3)9-14/h6-8,10H,3-5,9H2,1-2H3. The molecule has 0 aromatic heterocycles. The first-order chi connectivity index (χ1) is 6.71. The summed E-state index contributed by atoms with van der Waals surface area (Å²) in [5.41, 5.74) is 3.59. The summed E-state index contributed by atoms with van der Waals surface area (Å²) in [6.45, 7) is 7.66. The van der Waals surface area contributed by atoms with E-state index in [1.54, 1.807) is 0 Å². The van der Waals surface area contributed by atoms with Crippen LogP contribution in [0.2, 0.25) is 0 Å². The van der Waals surface area contributed by atoms with Gasteiger partial charge in [0.1, 0.15) is 0 Å². The molecule has 1 radical (unpaired) electrons. The SMILES string of the molecule is [CH2]C(CF)c1cc(CC)cc(CC)c1. The van der Waals surface area contributed by atoms with Crippen molar-refractivity contribution in [1.29, 1.82) is 0 Å². The molecule has 0 aliphatic carbocycles. The molecule has 0 saturated carbocycles. The van der Waals surface area contributed by atoms with Gasteiger partial charge >= 0.3 is 0 Å². The molecule has 0 heterocycles. The van der Waals surface area contributed by atoms with Crippen LogP contribution in [0.4, 0.5) is 4.39 Å². The Hall–Kier alpha value is -0.850. The van der Waals surface area contributed by atoms with E-state index in [0.717, 1.165) is 18.4 Å². The fraction of sp³-hybridized carbons (Fsp3) is 0.462. The molecule has 77 valence electrons. The molecule has 0 amide bonds. The predicted molar refractivity (Wildman–Crippen MR) is 59.3 cm³/mol. The van der Waals surface area contributed by atoms with Crippen LogP contribution in [0.3, 0.4) is 0 Å². The molecule has 1 aromatic rings. The van der Waals surface area contributed by atoms with Crippen LogP contribution in [0.25, 0.3) is 0 Å². The molecule has 0 spiro atoms. The van der Waals surface area contributed by atoms with Gasteiger partial charge in [-0.3, -0.25) is 4.39 Å². The molecule has 0 bridgehead atoms. The molecule has 0 nitrogen and oxygen atoms in total. The lowest BCUT2D eigenvalue weighted by Crippen LogP contribution is -1.99. The summed E-state index contributed by atoms with van der Waals surface area (Å²) in [6, 6.07) is 6.32. The zero-order valence-electron chi connectivity index (χ0n) is 9.02. The van der Waals surface area contributed by atoms with Crippen LogP contribution in [0.15, 0.2) is 18.2 Å². The van der Waals surface area contributed by atoms with Crippen molar-refractivity contribution in [3.63, 3.8) is 0 Å². The molecular formula is C13H18F. The maximum absolute atomic E-state index is 12.5. The molecule has 1 aromatic carbocycles. The smallest absolute Gasteiger partial charge is 0.0962 e. The summed E-state index contributed by atoms with van der Waals surface area (Å²) in [5.74, 6) is -0.216. The Kier molecular flexibility index (Phi) is 4.12. The van der Waals surface area contributed by atoms with E-state index in [2.05, 4.69) is 39.0 Å².